The molecule has 0 N–H and O–H groups in total. The van der Waals surface area contributed by atoms with Crippen molar-refractivity contribution in [3.63, 3.8) is 0 Å². The molecule has 0 amide bonds. The zero-order valence-corrected chi connectivity index (χ0v) is 3.68. The Morgan fingerprint density at radius 3 is 2.83 bits per heavy atom. The molecule has 1 rings (SSSR count). The van der Waals surface area contributed by atoms with Crippen LogP contribution in [0.5, 0.6) is 0 Å². The molecule has 0 fully saturated rings. The van der Waals surface area contributed by atoms with Crippen LogP contribution in [0, 0.1) is 0 Å². The van der Waals surface area contributed by atoms with Gasteiger partial charge in [-0.2, -0.15) is 0 Å². The Labute approximate surface area is 38.3 Å². The summed E-state index contributed by atoms with van der Waals surface area (Å²) < 4.78 is 4.89. The monoisotopic (exact) mass is 82.1 g/mol. The Morgan fingerprint density at radius 2 is 2.67 bits per heavy atom. The predicted molar refractivity (Wildman–Crippen MR) is 27.0 cm³/mol. The Kier molecular flexibility index (Phi) is 1.31. The summed E-state index contributed by atoms with van der Waals surface area (Å²) in [5.74, 6) is 2.05. The summed E-state index contributed by atoms with van der Waals surface area (Å²) in [6.07, 6.45) is 2.39. The van der Waals surface area contributed by atoms with Crippen molar-refractivity contribution >= 4 is 13.1 Å². The fourth-order valence-electron chi connectivity index (χ4n) is 0.489. The first kappa shape index (κ1) is 3.91. The van der Waals surface area contributed by atoms with E-state index in [-0.39, 0.29) is 0 Å². The normalized spacial score (nSPS) is 18.7. The van der Waals surface area contributed by atoms with E-state index in [0.717, 1.165) is 6.61 Å². The Bertz CT molecular complexity index is 52.6. The molecule has 1 aliphatic rings. The van der Waals surface area contributed by atoms with Crippen LogP contribution in [0.4, 0.5) is 0 Å². The van der Waals surface area contributed by atoms with E-state index in [0.29, 0.717) is 0 Å². The van der Waals surface area contributed by atoms with Gasteiger partial charge in [0, 0.05) is 0 Å². The SMILES string of the molecule is B1=CCCCO1. The molecule has 1 aliphatic heterocycles. The van der Waals surface area contributed by atoms with Gasteiger partial charge in [0.15, 0.2) is 0 Å². The van der Waals surface area contributed by atoms with Gasteiger partial charge >= 0.3 is 37.2 Å². The third kappa shape index (κ3) is 0.849. The molecule has 0 radical (unpaired) electrons. The minimum absolute atomic E-state index is 0.913. The summed E-state index contributed by atoms with van der Waals surface area (Å²) >= 11 is 0. The summed E-state index contributed by atoms with van der Waals surface area (Å²) in [7, 11) is 1.77. The fraction of sp³-hybridized carbons (Fsp3) is 0.750. The molecule has 0 aromatic carbocycles. The summed E-state index contributed by atoms with van der Waals surface area (Å²) in [5.41, 5.74) is 0. The van der Waals surface area contributed by atoms with Crippen molar-refractivity contribution in [3.05, 3.63) is 0 Å². The minimum atomic E-state index is 0.913. The quantitative estimate of drug-likeness (QED) is 0.380. The molecule has 0 bridgehead atoms. The summed E-state index contributed by atoms with van der Waals surface area (Å²) in [5, 5.41) is 0. The fourth-order valence-corrected chi connectivity index (χ4v) is 0.489. The van der Waals surface area contributed by atoms with Crippen LogP contribution in [0.2, 0.25) is 0 Å². The summed E-state index contributed by atoms with van der Waals surface area (Å²) in [6, 6.07) is 0. The topological polar surface area (TPSA) is 9.23 Å². The molecular formula is C4H7BO. The maximum absolute atomic E-state index is 4.89. The van der Waals surface area contributed by atoms with Crippen LogP contribution in [0.3, 0.4) is 0 Å². The van der Waals surface area contributed by atoms with E-state index in [1.165, 1.54) is 12.8 Å². The van der Waals surface area contributed by atoms with E-state index in [9.17, 15) is 0 Å². The van der Waals surface area contributed by atoms with E-state index in [2.05, 4.69) is 0 Å². The molecule has 2 heteroatoms. The van der Waals surface area contributed by atoms with E-state index in [1.54, 1.807) is 7.12 Å². The second-order valence-corrected chi connectivity index (χ2v) is 1.38. The average Bonchev–Trinajstić information content (AvgIpc) is 1.72. The molecule has 0 spiro atoms. The van der Waals surface area contributed by atoms with Gasteiger partial charge in [0.2, 0.25) is 0 Å². The first-order chi connectivity index (χ1) is 3.00. The number of hydrogen-bond acceptors (Lipinski definition) is 1. The Balaban J connectivity index is 2.26. The molecule has 32 valence electrons. The molecule has 0 saturated carbocycles. The van der Waals surface area contributed by atoms with Crippen molar-refractivity contribution in [2.45, 2.75) is 12.8 Å². The number of rotatable bonds is 0. The van der Waals surface area contributed by atoms with Crippen LogP contribution in [-0.2, 0) is 4.65 Å². The summed E-state index contributed by atoms with van der Waals surface area (Å²) in [6.45, 7) is 0.913. The van der Waals surface area contributed by atoms with Gasteiger partial charge in [-0.1, -0.05) is 0 Å². The molecule has 0 aromatic rings. The maximum atomic E-state index is 4.89. The van der Waals surface area contributed by atoms with Crippen LogP contribution in [0.1, 0.15) is 12.8 Å². The van der Waals surface area contributed by atoms with Crippen molar-refractivity contribution in [1.29, 1.82) is 0 Å². The first-order valence-corrected chi connectivity index (χ1v) is 2.27. The van der Waals surface area contributed by atoms with Gasteiger partial charge in [0.1, 0.15) is 0 Å². The van der Waals surface area contributed by atoms with Gasteiger partial charge in [-0.3, -0.25) is 0 Å². The predicted octanol–water partition coefficient (Wildman–Crippen LogP) is 0.218. The van der Waals surface area contributed by atoms with Gasteiger partial charge in [-0.25, -0.2) is 0 Å². The molecule has 1 heterocycles. The zero-order chi connectivity index (χ0) is 4.24. The van der Waals surface area contributed by atoms with Crippen molar-refractivity contribution in [3.8, 4) is 0 Å². The van der Waals surface area contributed by atoms with Crippen molar-refractivity contribution in [1.82, 2.24) is 0 Å². The van der Waals surface area contributed by atoms with E-state index < -0.39 is 0 Å². The number of hydrogen-bond donors (Lipinski definition) is 0. The third-order valence-corrected chi connectivity index (χ3v) is 0.825. The second kappa shape index (κ2) is 2.01. The van der Waals surface area contributed by atoms with E-state index in [1.807, 2.05) is 5.97 Å². The van der Waals surface area contributed by atoms with Gasteiger partial charge < -0.3 is 0 Å². The zero-order valence-electron chi connectivity index (χ0n) is 3.68. The molecule has 0 saturated heterocycles. The molecule has 1 nitrogen and oxygen atoms in total. The molecule has 6 heavy (non-hydrogen) atoms. The van der Waals surface area contributed by atoms with Gasteiger partial charge in [0.25, 0.3) is 0 Å². The van der Waals surface area contributed by atoms with E-state index >= 15 is 0 Å². The molecule has 0 aromatic heterocycles. The third-order valence-electron chi connectivity index (χ3n) is 0.825. The van der Waals surface area contributed by atoms with Gasteiger partial charge in [-0.15, -0.1) is 0 Å². The van der Waals surface area contributed by atoms with Crippen molar-refractivity contribution in [2.75, 3.05) is 6.61 Å². The van der Waals surface area contributed by atoms with Crippen molar-refractivity contribution in [2.24, 2.45) is 0 Å². The van der Waals surface area contributed by atoms with Crippen LogP contribution in [0.25, 0.3) is 0 Å². The first-order valence-electron chi connectivity index (χ1n) is 2.27. The molecule has 0 atom stereocenters. The van der Waals surface area contributed by atoms with Crippen LogP contribution < -0.4 is 0 Å². The van der Waals surface area contributed by atoms with Gasteiger partial charge in [-0.05, 0) is 0 Å². The second-order valence-electron chi connectivity index (χ2n) is 1.38. The van der Waals surface area contributed by atoms with Crippen LogP contribution >= 0.6 is 0 Å². The van der Waals surface area contributed by atoms with E-state index in [4.69, 9.17) is 4.65 Å². The Hall–Kier alpha value is -0.265. The average molecular weight is 81.9 g/mol. The molecule has 0 aliphatic carbocycles. The molecule has 0 unspecified atom stereocenters. The molecular weight excluding hydrogens is 74.9 g/mol. The van der Waals surface area contributed by atoms with Gasteiger partial charge in [0.05, 0.1) is 0 Å². The summed E-state index contributed by atoms with van der Waals surface area (Å²) in [4.78, 5) is 0. The van der Waals surface area contributed by atoms with Crippen molar-refractivity contribution < 1.29 is 4.65 Å². The van der Waals surface area contributed by atoms with Crippen LogP contribution in [0.15, 0.2) is 0 Å². The van der Waals surface area contributed by atoms with Crippen LogP contribution in [-0.4, -0.2) is 19.7 Å². The standard InChI is InChI=1S/C4H7BO/c1-2-4-6-5-3-1/h3H,1-2,4H2. The Morgan fingerprint density at radius 1 is 1.67 bits per heavy atom.